The Morgan fingerprint density at radius 2 is 1.80 bits per heavy atom. The summed E-state index contributed by atoms with van der Waals surface area (Å²) < 4.78 is 9.72. The van der Waals surface area contributed by atoms with E-state index < -0.39 is 12.0 Å². The highest BCUT2D eigenvalue weighted by molar-refractivity contribution is 6.04. The lowest BCUT2D eigenvalue weighted by atomic mass is 9.92. The predicted octanol–water partition coefficient (Wildman–Crippen LogP) is 4.32. The number of oxime groups is 1. The van der Waals surface area contributed by atoms with Crippen LogP contribution < -0.4 is 10.9 Å². The average Bonchev–Trinajstić information content (AvgIpc) is 3.70. The molecule has 0 saturated heterocycles. The normalized spacial score (nSPS) is 20.2. The van der Waals surface area contributed by atoms with Crippen LogP contribution in [0.25, 0.3) is 16.9 Å². The zero-order valence-corrected chi connectivity index (χ0v) is 26.1. The fourth-order valence-corrected chi connectivity index (χ4v) is 6.32. The van der Waals surface area contributed by atoms with Gasteiger partial charge >= 0.3 is 6.41 Å². The SMILES string of the molecule is CCCCc1c(Cc2ccc(-c3ccccc3C3=NOC(O)N3)cc2)c(=O)n([C@H]2CC[C@H](OCC(C)(C)O)CC2)c2ncnn12. The Morgan fingerprint density at radius 1 is 1.07 bits per heavy atom. The van der Waals surface area contributed by atoms with Gasteiger partial charge in [0.25, 0.3) is 5.56 Å². The van der Waals surface area contributed by atoms with E-state index >= 15 is 0 Å². The first-order valence-corrected chi connectivity index (χ1v) is 15.9. The van der Waals surface area contributed by atoms with E-state index in [9.17, 15) is 15.0 Å². The van der Waals surface area contributed by atoms with Crippen molar-refractivity contribution in [1.82, 2.24) is 24.5 Å². The molecule has 1 aliphatic carbocycles. The minimum Gasteiger partial charge on any atom is -0.388 e. The molecule has 11 heteroatoms. The number of nitrogens with zero attached hydrogens (tertiary/aromatic N) is 5. The van der Waals surface area contributed by atoms with Gasteiger partial charge in [-0.25, -0.2) is 4.52 Å². The van der Waals surface area contributed by atoms with Gasteiger partial charge in [-0.3, -0.25) is 9.36 Å². The number of fused-ring (bicyclic) bond motifs is 1. The van der Waals surface area contributed by atoms with E-state index in [1.165, 1.54) is 0 Å². The highest BCUT2D eigenvalue weighted by Crippen LogP contribution is 2.32. The molecule has 4 aromatic rings. The third-order valence-electron chi connectivity index (χ3n) is 8.61. The molecule has 6 rings (SSSR count). The number of amidine groups is 1. The van der Waals surface area contributed by atoms with Crippen LogP contribution in [0.15, 0.2) is 64.8 Å². The number of nitrogens with one attached hydrogen (secondary N) is 1. The summed E-state index contributed by atoms with van der Waals surface area (Å²) in [5, 5.41) is 31.2. The summed E-state index contributed by atoms with van der Waals surface area (Å²) in [5.74, 6) is 1.07. The van der Waals surface area contributed by atoms with E-state index in [2.05, 4.69) is 39.6 Å². The highest BCUT2D eigenvalue weighted by atomic mass is 16.7. The van der Waals surface area contributed by atoms with Crippen LogP contribution in [0.1, 0.15) is 87.7 Å². The topological polar surface area (TPSA) is 136 Å². The maximum absolute atomic E-state index is 14.4. The van der Waals surface area contributed by atoms with Crippen LogP contribution in [-0.2, 0) is 22.4 Å². The van der Waals surface area contributed by atoms with Gasteiger partial charge in [-0.1, -0.05) is 67.0 Å². The molecule has 2 aromatic heterocycles. The lowest BCUT2D eigenvalue weighted by Gasteiger charge is -2.32. The van der Waals surface area contributed by atoms with Crippen LogP contribution in [0, 0.1) is 0 Å². The Kier molecular flexibility index (Phi) is 9.02. The van der Waals surface area contributed by atoms with Gasteiger partial charge in [0.05, 0.1) is 24.0 Å². The summed E-state index contributed by atoms with van der Waals surface area (Å²) in [7, 11) is 0. The molecule has 0 bridgehead atoms. The molecule has 45 heavy (non-hydrogen) atoms. The minimum atomic E-state index is -1.16. The number of rotatable bonds is 11. The average molecular weight is 615 g/mol. The van der Waals surface area contributed by atoms with Gasteiger partial charge in [0.15, 0.2) is 5.84 Å². The number of ether oxygens (including phenoxy) is 1. The third kappa shape index (κ3) is 6.80. The summed E-state index contributed by atoms with van der Waals surface area (Å²) in [4.78, 5) is 23.9. The molecule has 11 nitrogen and oxygen atoms in total. The second kappa shape index (κ2) is 13.1. The number of aliphatic hydroxyl groups is 2. The summed E-state index contributed by atoms with van der Waals surface area (Å²) in [6.07, 6.45) is 6.84. The van der Waals surface area contributed by atoms with Gasteiger partial charge in [-0.2, -0.15) is 10.1 Å². The van der Waals surface area contributed by atoms with Gasteiger partial charge in [-0.15, -0.1) is 0 Å². The van der Waals surface area contributed by atoms with Crippen molar-refractivity contribution in [1.29, 1.82) is 0 Å². The number of hydrogen-bond acceptors (Lipinski definition) is 9. The molecular formula is C34H42N6O5. The van der Waals surface area contributed by atoms with E-state index in [-0.39, 0.29) is 17.7 Å². The second-order valence-electron chi connectivity index (χ2n) is 12.7. The first-order chi connectivity index (χ1) is 21.7. The largest absolute Gasteiger partial charge is 0.388 e. The number of unbranched alkanes of at least 4 members (excludes halogenated alkanes) is 1. The van der Waals surface area contributed by atoms with Crippen LogP contribution in [0.2, 0.25) is 0 Å². The predicted molar refractivity (Wildman–Crippen MR) is 171 cm³/mol. The van der Waals surface area contributed by atoms with Crippen molar-refractivity contribution in [2.75, 3.05) is 6.61 Å². The molecular weight excluding hydrogens is 572 g/mol. The Labute approximate surface area is 262 Å². The molecule has 2 aliphatic rings. The van der Waals surface area contributed by atoms with E-state index in [0.717, 1.165) is 78.5 Å². The lowest BCUT2D eigenvalue weighted by Crippen LogP contribution is -2.36. The molecule has 0 amide bonds. The quantitative estimate of drug-likeness (QED) is 0.227. The van der Waals surface area contributed by atoms with Crippen LogP contribution in [0.4, 0.5) is 0 Å². The maximum atomic E-state index is 14.4. The molecule has 1 fully saturated rings. The summed E-state index contributed by atoms with van der Waals surface area (Å²) in [5.41, 5.74) is 4.59. The smallest absolute Gasteiger partial charge is 0.304 e. The Morgan fingerprint density at radius 3 is 2.47 bits per heavy atom. The van der Waals surface area contributed by atoms with Crippen molar-refractivity contribution >= 4 is 11.6 Å². The van der Waals surface area contributed by atoms with E-state index in [1.54, 1.807) is 20.2 Å². The van der Waals surface area contributed by atoms with Crippen LogP contribution in [0.5, 0.6) is 0 Å². The van der Waals surface area contributed by atoms with E-state index in [0.29, 0.717) is 24.6 Å². The molecule has 238 valence electrons. The van der Waals surface area contributed by atoms with Crippen molar-refractivity contribution < 1.29 is 19.8 Å². The van der Waals surface area contributed by atoms with E-state index in [4.69, 9.17) is 9.57 Å². The fourth-order valence-electron chi connectivity index (χ4n) is 6.32. The monoisotopic (exact) mass is 614 g/mol. The van der Waals surface area contributed by atoms with Crippen LogP contribution >= 0.6 is 0 Å². The van der Waals surface area contributed by atoms with Crippen molar-refractivity contribution in [3.8, 4) is 11.1 Å². The van der Waals surface area contributed by atoms with Crippen LogP contribution in [0.3, 0.4) is 0 Å². The molecule has 1 unspecified atom stereocenters. The van der Waals surface area contributed by atoms with E-state index in [1.807, 2.05) is 45.5 Å². The first kappa shape index (κ1) is 30.9. The Hall–Kier alpha value is -4.06. The number of aliphatic hydroxyl groups excluding tert-OH is 1. The minimum absolute atomic E-state index is 0.000706. The van der Waals surface area contributed by atoms with Gasteiger partial charge in [0.2, 0.25) is 5.78 Å². The van der Waals surface area contributed by atoms with Gasteiger partial charge in [-0.05, 0) is 69.1 Å². The van der Waals surface area contributed by atoms with Crippen LogP contribution in [-0.4, -0.2) is 59.9 Å². The fraction of sp³-hybridized carbons (Fsp3) is 0.471. The summed E-state index contributed by atoms with van der Waals surface area (Å²) >= 11 is 0. The molecule has 3 heterocycles. The lowest BCUT2D eigenvalue weighted by molar-refractivity contribution is -0.0896. The van der Waals surface area contributed by atoms with Crippen molar-refractivity contribution in [3.63, 3.8) is 0 Å². The van der Waals surface area contributed by atoms with Gasteiger partial charge in [0.1, 0.15) is 6.33 Å². The summed E-state index contributed by atoms with van der Waals surface area (Å²) in [6, 6.07) is 16.0. The zero-order chi connectivity index (χ0) is 31.6. The maximum Gasteiger partial charge on any atom is 0.304 e. The highest BCUT2D eigenvalue weighted by Gasteiger charge is 2.29. The molecule has 1 aliphatic heterocycles. The van der Waals surface area contributed by atoms with Crippen molar-refractivity contribution in [2.24, 2.45) is 5.16 Å². The summed E-state index contributed by atoms with van der Waals surface area (Å²) in [6.45, 7) is 5.94. The number of aromatic nitrogens is 4. The number of aryl methyl sites for hydroxylation is 1. The molecule has 3 N–H and O–H groups in total. The second-order valence-corrected chi connectivity index (χ2v) is 12.7. The van der Waals surface area contributed by atoms with Crippen molar-refractivity contribution in [2.45, 2.75) is 96.3 Å². The Bertz CT molecular complexity index is 1710. The number of benzene rings is 2. The standard InChI is InChI=1S/C34H42N6O5/c1-4-5-10-29-28(19-22-11-13-23(14-12-22)26-8-6-7-9-27(26)30-37-33(42)45-38-30)31(41)39(32-35-21-36-40(29)32)24-15-17-25(18-16-24)44-20-34(2,3)43/h6-9,11-14,21,24-25,33,42-43H,4-5,10,15-20H2,1-3H3,(H,37,38)/t24-,25-,33?. The van der Waals surface area contributed by atoms with Gasteiger partial charge in [0, 0.05) is 23.6 Å². The molecule has 2 aromatic carbocycles. The molecule has 0 radical (unpaired) electrons. The first-order valence-electron chi connectivity index (χ1n) is 15.9. The molecule has 1 saturated carbocycles. The van der Waals surface area contributed by atoms with Crippen molar-refractivity contribution in [3.05, 3.63) is 87.6 Å². The Balaban J connectivity index is 1.30. The third-order valence-corrected chi connectivity index (χ3v) is 8.61. The number of hydrogen-bond donors (Lipinski definition) is 3. The van der Waals surface area contributed by atoms with Gasteiger partial charge < -0.3 is 25.1 Å². The zero-order valence-electron chi connectivity index (χ0n) is 26.1. The molecule has 0 spiro atoms. The molecule has 1 atom stereocenters.